The van der Waals surface area contributed by atoms with E-state index in [1.54, 1.807) is 42.5 Å². The number of hydrogen-bond donors (Lipinski definition) is 1. The van der Waals surface area contributed by atoms with Crippen LogP contribution in [0, 0.1) is 0 Å². The van der Waals surface area contributed by atoms with E-state index >= 15 is 0 Å². The number of furan rings is 1. The summed E-state index contributed by atoms with van der Waals surface area (Å²) in [6, 6.07) is 8.60. The molecule has 0 aliphatic rings. The second-order valence-corrected chi connectivity index (χ2v) is 4.20. The van der Waals surface area contributed by atoms with E-state index in [-0.39, 0.29) is 5.91 Å². The van der Waals surface area contributed by atoms with Crippen LogP contribution in [-0.2, 0) is 6.54 Å². The van der Waals surface area contributed by atoms with Crippen molar-refractivity contribution in [1.82, 2.24) is 4.90 Å². The maximum atomic E-state index is 12.2. The van der Waals surface area contributed by atoms with Gasteiger partial charge in [0.15, 0.2) is 0 Å². The van der Waals surface area contributed by atoms with Gasteiger partial charge in [0.25, 0.3) is 5.91 Å². The molecular formula is C14H16N2O3. The summed E-state index contributed by atoms with van der Waals surface area (Å²) in [6.07, 6.45) is 1.58. The van der Waals surface area contributed by atoms with Gasteiger partial charge in [0.2, 0.25) is 0 Å². The van der Waals surface area contributed by atoms with E-state index in [0.29, 0.717) is 23.5 Å². The van der Waals surface area contributed by atoms with E-state index < -0.39 is 0 Å². The minimum absolute atomic E-state index is 0.120. The fourth-order valence-electron chi connectivity index (χ4n) is 1.80. The van der Waals surface area contributed by atoms with Crippen molar-refractivity contribution in [3.8, 4) is 5.75 Å². The third-order valence-electron chi connectivity index (χ3n) is 2.80. The molecule has 100 valence electrons. The maximum Gasteiger partial charge on any atom is 0.254 e. The highest BCUT2D eigenvalue weighted by molar-refractivity contribution is 5.95. The number of amides is 1. The number of methoxy groups -OCH3 is 1. The van der Waals surface area contributed by atoms with E-state index in [0.717, 1.165) is 5.76 Å². The number of hydrogen-bond acceptors (Lipinski definition) is 4. The molecule has 1 heterocycles. The van der Waals surface area contributed by atoms with Crippen molar-refractivity contribution in [3.63, 3.8) is 0 Å². The van der Waals surface area contributed by atoms with Gasteiger partial charge in [0.05, 0.1) is 25.6 Å². The summed E-state index contributed by atoms with van der Waals surface area (Å²) >= 11 is 0. The number of nitrogens with two attached hydrogens (primary N) is 1. The van der Waals surface area contributed by atoms with Crippen molar-refractivity contribution in [3.05, 3.63) is 47.9 Å². The van der Waals surface area contributed by atoms with Crippen molar-refractivity contribution < 1.29 is 13.9 Å². The molecular weight excluding hydrogens is 244 g/mol. The van der Waals surface area contributed by atoms with E-state index in [1.807, 2.05) is 6.07 Å². The standard InChI is InChI=1S/C14H16N2O3/c1-16(9-11-4-3-7-19-11)14(17)10-5-6-13(18-2)12(15)8-10/h3-8H,9,15H2,1-2H3. The number of ether oxygens (including phenoxy) is 1. The summed E-state index contributed by atoms with van der Waals surface area (Å²) in [5.41, 5.74) is 6.76. The average molecular weight is 260 g/mol. The van der Waals surface area contributed by atoms with Gasteiger partial charge in [0.1, 0.15) is 11.5 Å². The Kier molecular flexibility index (Phi) is 3.75. The molecule has 0 bridgehead atoms. The molecule has 5 nitrogen and oxygen atoms in total. The average Bonchev–Trinajstić information content (AvgIpc) is 2.90. The van der Waals surface area contributed by atoms with Crippen LogP contribution in [0.3, 0.4) is 0 Å². The third kappa shape index (κ3) is 2.88. The molecule has 1 aromatic carbocycles. The Balaban J connectivity index is 2.12. The first-order chi connectivity index (χ1) is 9.11. The molecule has 0 saturated heterocycles. The van der Waals surface area contributed by atoms with Crippen LogP contribution in [0.15, 0.2) is 41.0 Å². The van der Waals surface area contributed by atoms with Gasteiger partial charge in [-0.1, -0.05) is 0 Å². The largest absolute Gasteiger partial charge is 0.495 e. The normalized spacial score (nSPS) is 10.2. The Morgan fingerprint density at radius 2 is 2.21 bits per heavy atom. The predicted octanol–water partition coefficient (Wildman–Crippen LogP) is 2.14. The van der Waals surface area contributed by atoms with Crippen LogP contribution in [0.25, 0.3) is 0 Å². The molecule has 0 fully saturated rings. The highest BCUT2D eigenvalue weighted by Gasteiger charge is 2.14. The summed E-state index contributed by atoms with van der Waals surface area (Å²) in [5, 5.41) is 0. The third-order valence-corrected chi connectivity index (χ3v) is 2.80. The first-order valence-corrected chi connectivity index (χ1v) is 5.83. The van der Waals surface area contributed by atoms with Crippen LogP contribution in [0.4, 0.5) is 5.69 Å². The van der Waals surface area contributed by atoms with E-state index in [9.17, 15) is 4.79 Å². The fraction of sp³-hybridized carbons (Fsp3) is 0.214. The van der Waals surface area contributed by atoms with Gasteiger partial charge < -0.3 is 19.8 Å². The van der Waals surface area contributed by atoms with Crippen molar-refractivity contribution in [1.29, 1.82) is 0 Å². The Morgan fingerprint density at radius 3 is 2.79 bits per heavy atom. The summed E-state index contributed by atoms with van der Waals surface area (Å²) < 4.78 is 10.3. The van der Waals surface area contributed by atoms with E-state index in [2.05, 4.69) is 0 Å². The smallest absolute Gasteiger partial charge is 0.254 e. The molecule has 0 aliphatic heterocycles. The monoisotopic (exact) mass is 260 g/mol. The molecule has 0 radical (unpaired) electrons. The molecule has 2 N–H and O–H groups in total. The topological polar surface area (TPSA) is 68.7 Å². The zero-order valence-corrected chi connectivity index (χ0v) is 10.9. The molecule has 0 saturated carbocycles. The first kappa shape index (κ1) is 13.0. The number of anilines is 1. The lowest BCUT2D eigenvalue weighted by Gasteiger charge is -2.16. The number of rotatable bonds is 4. The zero-order chi connectivity index (χ0) is 13.8. The molecule has 2 rings (SSSR count). The van der Waals surface area contributed by atoms with E-state index in [1.165, 1.54) is 7.11 Å². The molecule has 0 unspecified atom stereocenters. The lowest BCUT2D eigenvalue weighted by atomic mass is 10.1. The van der Waals surface area contributed by atoms with Crippen LogP contribution >= 0.6 is 0 Å². The Morgan fingerprint density at radius 1 is 1.42 bits per heavy atom. The Bertz CT molecular complexity index is 564. The Labute approximate surface area is 111 Å². The molecule has 1 aromatic heterocycles. The molecule has 0 atom stereocenters. The predicted molar refractivity (Wildman–Crippen MR) is 71.9 cm³/mol. The summed E-state index contributed by atoms with van der Waals surface area (Å²) in [7, 11) is 3.25. The van der Waals surface area contributed by atoms with Crippen LogP contribution in [0.2, 0.25) is 0 Å². The number of carbonyl (C=O) groups excluding carboxylic acids is 1. The van der Waals surface area contributed by atoms with E-state index in [4.69, 9.17) is 14.9 Å². The fourth-order valence-corrected chi connectivity index (χ4v) is 1.80. The molecule has 0 aliphatic carbocycles. The number of nitrogen functional groups attached to an aromatic ring is 1. The zero-order valence-electron chi connectivity index (χ0n) is 10.9. The quantitative estimate of drug-likeness (QED) is 0.855. The van der Waals surface area contributed by atoms with Gasteiger partial charge in [-0.2, -0.15) is 0 Å². The van der Waals surface area contributed by atoms with Crippen LogP contribution < -0.4 is 10.5 Å². The highest BCUT2D eigenvalue weighted by Crippen LogP contribution is 2.22. The van der Waals surface area contributed by atoms with Crippen LogP contribution in [-0.4, -0.2) is 25.0 Å². The van der Waals surface area contributed by atoms with Gasteiger partial charge in [0, 0.05) is 12.6 Å². The molecule has 19 heavy (non-hydrogen) atoms. The van der Waals surface area contributed by atoms with Crippen molar-refractivity contribution >= 4 is 11.6 Å². The number of carbonyl (C=O) groups is 1. The van der Waals surface area contributed by atoms with Gasteiger partial charge in [-0.3, -0.25) is 4.79 Å². The summed E-state index contributed by atoms with van der Waals surface area (Å²) in [5.74, 6) is 1.17. The highest BCUT2D eigenvalue weighted by atomic mass is 16.5. The van der Waals surface area contributed by atoms with Crippen molar-refractivity contribution in [2.45, 2.75) is 6.54 Å². The minimum Gasteiger partial charge on any atom is -0.495 e. The molecule has 0 spiro atoms. The lowest BCUT2D eigenvalue weighted by molar-refractivity contribution is 0.0775. The van der Waals surface area contributed by atoms with Crippen LogP contribution in [0.1, 0.15) is 16.1 Å². The number of benzene rings is 1. The van der Waals surface area contributed by atoms with Crippen LogP contribution in [0.5, 0.6) is 5.75 Å². The molecule has 1 amide bonds. The maximum absolute atomic E-state index is 12.2. The second-order valence-electron chi connectivity index (χ2n) is 4.20. The molecule has 2 aromatic rings. The lowest BCUT2D eigenvalue weighted by Crippen LogP contribution is -2.26. The van der Waals surface area contributed by atoms with Gasteiger partial charge in [-0.25, -0.2) is 0 Å². The summed E-state index contributed by atoms with van der Waals surface area (Å²) in [6.45, 7) is 0.414. The first-order valence-electron chi connectivity index (χ1n) is 5.83. The van der Waals surface area contributed by atoms with Gasteiger partial charge >= 0.3 is 0 Å². The summed E-state index contributed by atoms with van der Waals surface area (Å²) in [4.78, 5) is 13.8. The second kappa shape index (κ2) is 5.48. The number of nitrogens with zero attached hydrogens (tertiary/aromatic N) is 1. The minimum atomic E-state index is -0.120. The van der Waals surface area contributed by atoms with Gasteiger partial charge in [-0.05, 0) is 30.3 Å². The Hall–Kier alpha value is -2.43. The van der Waals surface area contributed by atoms with Crippen molar-refractivity contribution in [2.75, 3.05) is 19.9 Å². The van der Waals surface area contributed by atoms with Crippen molar-refractivity contribution in [2.24, 2.45) is 0 Å². The SMILES string of the molecule is COc1ccc(C(=O)N(C)Cc2ccco2)cc1N. The molecule has 5 heteroatoms. The van der Waals surface area contributed by atoms with Gasteiger partial charge in [-0.15, -0.1) is 0 Å².